The van der Waals surface area contributed by atoms with Crippen LogP contribution in [-0.2, 0) is 0 Å². The second kappa shape index (κ2) is 3.61. The molecule has 0 aromatic carbocycles. The fraction of sp³-hybridized carbons (Fsp3) is 0.143. The fourth-order valence-corrected chi connectivity index (χ4v) is 0.815. The van der Waals surface area contributed by atoms with E-state index in [1.807, 2.05) is 0 Å². The zero-order valence-corrected chi connectivity index (χ0v) is 7.14. The van der Waals surface area contributed by atoms with Gasteiger partial charge in [-0.05, 0) is 6.92 Å². The van der Waals surface area contributed by atoms with Crippen molar-refractivity contribution in [3.05, 3.63) is 18.1 Å². The van der Waals surface area contributed by atoms with Crippen molar-refractivity contribution in [1.82, 2.24) is 5.32 Å². The SMILES string of the molecule is Cc1occc1NC(=N)NC(=N)N. The van der Waals surface area contributed by atoms with Crippen molar-refractivity contribution in [2.45, 2.75) is 6.92 Å². The molecule has 0 atom stereocenters. The minimum Gasteiger partial charge on any atom is -0.467 e. The lowest BCUT2D eigenvalue weighted by molar-refractivity contribution is 0.535. The number of hydrogen-bond acceptors (Lipinski definition) is 3. The molecule has 13 heavy (non-hydrogen) atoms. The van der Waals surface area contributed by atoms with E-state index in [9.17, 15) is 0 Å². The van der Waals surface area contributed by atoms with Gasteiger partial charge in [-0.3, -0.25) is 16.1 Å². The Hall–Kier alpha value is -1.98. The Balaban J connectivity index is 2.55. The molecule has 0 fully saturated rings. The number of rotatable bonds is 1. The summed E-state index contributed by atoms with van der Waals surface area (Å²) >= 11 is 0. The number of anilines is 1. The van der Waals surface area contributed by atoms with Gasteiger partial charge in [0.25, 0.3) is 0 Å². The van der Waals surface area contributed by atoms with E-state index in [4.69, 9.17) is 21.0 Å². The van der Waals surface area contributed by atoms with Crippen LogP contribution in [0.15, 0.2) is 16.7 Å². The summed E-state index contributed by atoms with van der Waals surface area (Å²) in [5, 5.41) is 19.2. The first-order valence-electron chi connectivity index (χ1n) is 3.60. The van der Waals surface area contributed by atoms with Gasteiger partial charge in [0.05, 0.1) is 12.0 Å². The lowest BCUT2D eigenvalue weighted by Gasteiger charge is -2.06. The minimum atomic E-state index is -0.279. The maximum absolute atomic E-state index is 7.31. The monoisotopic (exact) mass is 181 g/mol. The lowest BCUT2D eigenvalue weighted by atomic mass is 10.4. The van der Waals surface area contributed by atoms with Gasteiger partial charge in [-0.15, -0.1) is 0 Å². The maximum atomic E-state index is 7.31. The number of furan rings is 1. The summed E-state index contributed by atoms with van der Waals surface area (Å²) in [6.07, 6.45) is 1.51. The van der Waals surface area contributed by atoms with Crippen molar-refractivity contribution in [2.24, 2.45) is 5.73 Å². The average molecular weight is 181 g/mol. The molecule has 6 nitrogen and oxygen atoms in total. The molecular weight excluding hydrogens is 170 g/mol. The lowest BCUT2D eigenvalue weighted by Crippen LogP contribution is -2.39. The van der Waals surface area contributed by atoms with Crippen molar-refractivity contribution >= 4 is 17.6 Å². The molecule has 6 N–H and O–H groups in total. The highest BCUT2D eigenvalue weighted by atomic mass is 16.3. The molecule has 0 radical (unpaired) electrons. The minimum absolute atomic E-state index is 0.0583. The number of hydrogen-bond donors (Lipinski definition) is 5. The van der Waals surface area contributed by atoms with Crippen LogP contribution in [0, 0.1) is 17.7 Å². The van der Waals surface area contributed by atoms with Crippen LogP contribution in [0.2, 0.25) is 0 Å². The van der Waals surface area contributed by atoms with Gasteiger partial charge in [0.1, 0.15) is 5.76 Å². The molecule has 6 heteroatoms. The van der Waals surface area contributed by atoms with E-state index < -0.39 is 0 Å². The summed E-state index contributed by atoms with van der Waals surface area (Å²) in [6.45, 7) is 1.77. The summed E-state index contributed by atoms with van der Waals surface area (Å²) in [5.41, 5.74) is 5.71. The predicted octanol–water partition coefficient (Wildman–Crippen LogP) is 0.418. The van der Waals surface area contributed by atoms with E-state index in [2.05, 4.69) is 10.6 Å². The predicted molar refractivity (Wildman–Crippen MR) is 49.8 cm³/mol. The molecule has 1 rings (SSSR count). The van der Waals surface area contributed by atoms with Crippen LogP contribution in [-0.4, -0.2) is 11.9 Å². The van der Waals surface area contributed by atoms with Crippen molar-refractivity contribution in [1.29, 1.82) is 10.8 Å². The molecule has 0 amide bonds. The largest absolute Gasteiger partial charge is 0.467 e. The molecule has 1 heterocycles. The third-order valence-electron chi connectivity index (χ3n) is 1.38. The summed E-state index contributed by atoms with van der Waals surface area (Å²) in [6, 6.07) is 1.69. The van der Waals surface area contributed by atoms with E-state index in [1.54, 1.807) is 13.0 Å². The molecule has 0 spiro atoms. The Labute approximate surface area is 75.1 Å². The zero-order valence-electron chi connectivity index (χ0n) is 7.14. The first-order chi connectivity index (χ1) is 6.09. The summed E-state index contributed by atoms with van der Waals surface area (Å²) in [4.78, 5) is 0. The second-order valence-corrected chi connectivity index (χ2v) is 2.43. The van der Waals surface area contributed by atoms with E-state index >= 15 is 0 Å². The molecule has 70 valence electrons. The third-order valence-corrected chi connectivity index (χ3v) is 1.38. The molecule has 1 aromatic heterocycles. The Bertz CT molecular complexity index is 329. The quantitative estimate of drug-likeness (QED) is 0.319. The van der Waals surface area contributed by atoms with Crippen molar-refractivity contribution in [3.8, 4) is 0 Å². The Morgan fingerprint density at radius 3 is 2.69 bits per heavy atom. The van der Waals surface area contributed by atoms with Gasteiger partial charge in [-0.25, -0.2) is 0 Å². The smallest absolute Gasteiger partial charge is 0.199 e. The van der Waals surface area contributed by atoms with Crippen LogP contribution in [0.25, 0.3) is 0 Å². The maximum Gasteiger partial charge on any atom is 0.199 e. The van der Waals surface area contributed by atoms with Crippen LogP contribution in [0.4, 0.5) is 5.69 Å². The Kier molecular flexibility index (Phi) is 2.53. The normalized spacial score (nSPS) is 9.31. The highest BCUT2D eigenvalue weighted by Gasteiger charge is 2.02. The standard InChI is InChI=1S/C7H11N5O/c1-4-5(2-3-13-4)11-7(10)12-6(8)9/h2-3H,1H3,(H6,8,9,10,11,12). The van der Waals surface area contributed by atoms with Gasteiger partial charge in [0.15, 0.2) is 11.9 Å². The Morgan fingerprint density at radius 2 is 2.23 bits per heavy atom. The zero-order chi connectivity index (χ0) is 9.84. The van der Waals surface area contributed by atoms with Gasteiger partial charge in [-0.1, -0.05) is 0 Å². The molecule has 0 saturated carbocycles. The van der Waals surface area contributed by atoms with Crippen LogP contribution < -0.4 is 16.4 Å². The molecule has 0 bridgehead atoms. The van der Waals surface area contributed by atoms with Gasteiger partial charge < -0.3 is 15.5 Å². The van der Waals surface area contributed by atoms with Crippen LogP contribution in [0.3, 0.4) is 0 Å². The molecule has 0 aliphatic carbocycles. The summed E-state index contributed by atoms with van der Waals surface area (Å²) in [7, 11) is 0. The van der Waals surface area contributed by atoms with Gasteiger partial charge in [0, 0.05) is 6.07 Å². The van der Waals surface area contributed by atoms with Crippen LogP contribution in [0.1, 0.15) is 5.76 Å². The first-order valence-corrected chi connectivity index (χ1v) is 3.60. The highest BCUT2D eigenvalue weighted by molar-refractivity contribution is 6.02. The van der Waals surface area contributed by atoms with Crippen molar-refractivity contribution in [3.63, 3.8) is 0 Å². The van der Waals surface area contributed by atoms with Crippen molar-refractivity contribution in [2.75, 3.05) is 5.32 Å². The number of aryl methyl sites for hydroxylation is 1. The van der Waals surface area contributed by atoms with Crippen LogP contribution >= 0.6 is 0 Å². The highest BCUT2D eigenvalue weighted by Crippen LogP contribution is 2.13. The average Bonchev–Trinajstić information content (AvgIpc) is 2.34. The van der Waals surface area contributed by atoms with E-state index in [1.165, 1.54) is 6.26 Å². The molecule has 0 saturated heterocycles. The molecule has 0 unspecified atom stereocenters. The van der Waals surface area contributed by atoms with E-state index in [0.717, 1.165) is 0 Å². The summed E-state index contributed by atoms with van der Waals surface area (Å²) in [5.74, 6) is 0.339. The van der Waals surface area contributed by atoms with E-state index in [-0.39, 0.29) is 11.9 Å². The molecule has 0 aliphatic heterocycles. The number of nitrogens with two attached hydrogens (primary N) is 1. The molecular formula is C7H11N5O. The third kappa shape index (κ3) is 2.51. The summed E-state index contributed by atoms with van der Waals surface area (Å²) < 4.78 is 5.00. The topological polar surface area (TPSA) is 111 Å². The second-order valence-electron chi connectivity index (χ2n) is 2.43. The number of nitrogens with one attached hydrogen (secondary N) is 4. The van der Waals surface area contributed by atoms with Gasteiger partial charge in [-0.2, -0.15) is 0 Å². The number of guanidine groups is 2. The van der Waals surface area contributed by atoms with Crippen LogP contribution in [0.5, 0.6) is 0 Å². The van der Waals surface area contributed by atoms with Gasteiger partial charge >= 0.3 is 0 Å². The van der Waals surface area contributed by atoms with Gasteiger partial charge in [0.2, 0.25) is 0 Å². The van der Waals surface area contributed by atoms with Crippen molar-refractivity contribution < 1.29 is 4.42 Å². The Morgan fingerprint density at radius 1 is 1.54 bits per heavy atom. The van der Waals surface area contributed by atoms with E-state index in [0.29, 0.717) is 11.4 Å². The molecule has 0 aliphatic rings. The fourth-order valence-electron chi connectivity index (χ4n) is 0.815. The molecule has 1 aromatic rings. The first kappa shape index (κ1) is 9.11.